The molecule has 1 nitrogen and oxygen atoms in total. The molecule has 2 atom stereocenters. The van der Waals surface area contributed by atoms with Gasteiger partial charge >= 0.3 is 0 Å². The summed E-state index contributed by atoms with van der Waals surface area (Å²) in [4.78, 5) is 0. The maximum absolute atomic E-state index is 13.7. The minimum absolute atomic E-state index is 0.264. The van der Waals surface area contributed by atoms with E-state index in [2.05, 4.69) is 27.7 Å². The lowest BCUT2D eigenvalue weighted by atomic mass is 9.82. The van der Waals surface area contributed by atoms with Gasteiger partial charge in [-0.2, -0.15) is 0 Å². The van der Waals surface area contributed by atoms with Crippen molar-refractivity contribution in [3.63, 3.8) is 0 Å². The zero-order chi connectivity index (χ0) is 13.9. The highest BCUT2D eigenvalue weighted by atomic mass is 35.5. The van der Waals surface area contributed by atoms with Gasteiger partial charge in [0.25, 0.3) is 0 Å². The Bertz CT molecular complexity index is 398. The molecule has 0 fully saturated rings. The second kappa shape index (κ2) is 6.03. The van der Waals surface area contributed by atoms with Crippen molar-refractivity contribution in [2.45, 2.75) is 46.6 Å². The number of hydrogen-bond acceptors (Lipinski definition) is 1. The van der Waals surface area contributed by atoms with E-state index in [1.807, 2.05) is 0 Å². The lowest BCUT2D eigenvalue weighted by Gasteiger charge is -2.25. The predicted octanol–water partition coefficient (Wildman–Crippen LogP) is 4.94. The number of rotatable bonds is 4. The summed E-state index contributed by atoms with van der Waals surface area (Å²) in [6.45, 7) is 8.78. The van der Waals surface area contributed by atoms with E-state index in [-0.39, 0.29) is 17.3 Å². The SMILES string of the molecule is CC(CC(N)c1ccc(Cl)cc1F)CC(C)(C)C. The zero-order valence-corrected chi connectivity index (χ0v) is 12.4. The summed E-state index contributed by atoms with van der Waals surface area (Å²) in [7, 11) is 0. The predicted molar refractivity (Wildman–Crippen MR) is 76.2 cm³/mol. The summed E-state index contributed by atoms with van der Waals surface area (Å²) in [5.74, 6) is 0.160. The second-order valence-electron chi connectivity index (χ2n) is 6.38. The van der Waals surface area contributed by atoms with Crippen LogP contribution < -0.4 is 5.73 Å². The van der Waals surface area contributed by atoms with Gasteiger partial charge in [-0.15, -0.1) is 0 Å². The van der Waals surface area contributed by atoms with Crippen LogP contribution in [0.4, 0.5) is 4.39 Å². The smallest absolute Gasteiger partial charge is 0.129 e. The first-order valence-corrected chi connectivity index (χ1v) is 6.77. The van der Waals surface area contributed by atoms with Crippen molar-refractivity contribution in [3.05, 3.63) is 34.6 Å². The first-order chi connectivity index (χ1) is 8.19. The number of nitrogens with two attached hydrogens (primary N) is 1. The Balaban J connectivity index is 2.67. The van der Waals surface area contributed by atoms with Gasteiger partial charge in [-0.25, -0.2) is 4.39 Å². The van der Waals surface area contributed by atoms with Gasteiger partial charge in [0.05, 0.1) is 0 Å². The quantitative estimate of drug-likeness (QED) is 0.825. The third-order valence-electron chi connectivity index (χ3n) is 2.98. The number of hydrogen-bond donors (Lipinski definition) is 1. The number of benzene rings is 1. The van der Waals surface area contributed by atoms with Crippen molar-refractivity contribution in [3.8, 4) is 0 Å². The molecule has 0 saturated carbocycles. The fourth-order valence-electron chi connectivity index (χ4n) is 2.49. The van der Waals surface area contributed by atoms with Gasteiger partial charge in [0.2, 0.25) is 0 Å². The van der Waals surface area contributed by atoms with E-state index in [0.29, 0.717) is 16.5 Å². The number of halogens is 2. The monoisotopic (exact) mass is 271 g/mol. The van der Waals surface area contributed by atoms with E-state index < -0.39 is 0 Å². The fourth-order valence-corrected chi connectivity index (χ4v) is 2.65. The van der Waals surface area contributed by atoms with Crippen LogP contribution in [0.3, 0.4) is 0 Å². The Morgan fingerprint density at radius 3 is 2.44 bits per heavy atom. The molecule has 0 aliphatic rings. The van der Waals surface area contributed by atoms with Crippen molar-refractivity contribution in [1.29, 1.82) is 0 Å². The van der Waals surface area contributed by atoms with Gasteiger partial charge in [0.15, 0.2) is 0 Å². The van der Waals surface area contributed by atoms with E-state index in [9.17, 15) is 4.39 Å². The van der Waals surface area contributed by atoms with Gasteiger partial charge < -0.3 is 5.73 Å². The van der Waals surface area contributed by atoms with Gasteiger partial charge in [-0.3, -0.25) is 0 Å². The lowest BCUT2D eigenvalue weighted by molar-refractivity contribution is 0.285. The molecule has 0 spiro atoms. The molecule has 0 aromatic heterocycles. The minimum atomic E-state index is -0.307. The maximum Gasteiger partial charge on any atom is 0.129 e. The van der Waals surface area contributed by atoms with Crippen molar-refractivity contribution < 1.29 is 4.39 Å². The normalized spacial score (nSPS) is 15.5. The standard InChI is InChI=1S/C15H23ClFN/c1-10(9-15(2,3)4)7-14(18)12-6-5-11(16)8-13(12)17/h5-6,8,10,14H,7,9,18H2,1-4H3. The van der Waals surface area contributed by atoms with Gasteiger partial charge in [0, 0.05) is 16.6 Å². The minimum Gasteiger partial charge on any atom is -0.324 e. The molecule has 2 unspecified atom stereocenters. The van der Waals surface area contributed by atoms with Crippen LogP contribution in [0, 0.1) is 17.2 Å². The average molecular weight is 272 g/mol. The van der Waals surface area contributed by atoms with Crippen LogP contribution in [0.1, 0.15) is 52.1 Å². The van der Waals surface area contributed by atoms with Crippen LogP contribution in [-0.4, -0.2) is 0 Å². The third kappa shape index (κ3) is 4.95. The molecule has 0 amide bonds. The summed E-state index contributed by atoms with van der Waals surface area (Å²) >= 11 is 5.73. The summed E-state index contributed by atoms with van der Waals surface area (Å²) < 4.78 is 13.7. The Labute approximate surface area is 115 Å². The summed E-state index contributed by atoms with van der Waals surface area (Å²) in [5, 5.41) is 0.409. The molecule has 1 rings (SSSR count). The molecule has 18 heavy (non-hydrogen) atoms. The van der Waals surface area contributed by atoms with Crippen LogP contribution in [0.25, 0.3) is 0 Å². The molecule has 0 bridgehead atoms. The van der Waals surface area contributed by atoms with Gasteiger partial charge in [-0.1, -0.05) is 45.4 Å². The summed E-state index contributed by atoms with van der Waals surface area (Å²) in [5.41, 5.74) is 6.91. The largest absolute Gasteiger partial charge is 0.324 e. The fraction of sp³-hybridized carbons (Fsp3) is 0.600. The molecule has 1 aromatic carbocycles. The maximum atomic E-state index is 13.7. The Hall–Kier alpha value is -0.600. The molecule has 0 heterocycles. The van der Waals surface area contributed by atoms with Crippen molar-refractivity contribution in [1.82, 2.24) is 0 Å². The van der Waals surface area contributed by atoms with E-state index in [4.69, 9.17) is 17.3 Å². The molecule has 0 saturated heterocycles. The van der Waals surface area contributed by atoms with E-state index in [0.717, 1.165) is 12.8 Å². The molecular weight excluding hydrogens is 249 g/mol. The first kappa shape index (κ1) is 15.5. The Kier molecular flexibility index (Phi) is 5.18. The molecule has 0 aliphatic carbocycles. The van der Waals surface area contributed by atoms with Crippen molar-refractivity contribution in [2.75, 3.05) is 0 Å². The summed E-state index contributed by atoms with van der Waals surface area (Å²) in [6, 6.07) is 4.44. The molecule has 3 heteroatoms. The van der Waals surface area contributed by atoms with Crippen LogP contribution >= 0.6 is 11.6 Å². The topological polar surface area (TPSA) is 26.0 Å². The van der Waals surface area contributed by atoms with Crippen molar-refractivity contribution >= 4 is 11.6 Å². The van der Waals surface area contributed by atoms with E-state index in [1.165, 1.54) is 6.07 Å². The van der Waals surface area contributed by atoms with Crippen LogP contribution in [0.2, 0.25) is 5.02 Å². The highest BCUT2D eigenvalue weighted by Gasteiger charge is 2.19. The molecular formula is C15H23ClFN. The van der Waals surface area contributed by atoms with Crippen LogP contribution in [-0.2, 0) is 0 Å². The van der Waals surface area contributed by atoms with E-state index >= 15 is 0 Å². The zero-order valence-electron chi connectivity index (χ0n) is 11.6. The second-order valence-corrected chi connectivity index (χ2v) is 6.81. The van der Waals surface area contributed by atoms with Crippen molar-refractivity contribution in [2.24, 2.45) is 17.1 Å². The Morgan fingerprint density at radius 2 is 1.94 bits per heavy atom. The molecule has 0 aliphatic heterocycles. The highest BCUT2D eigenvalue weighted by molar-refractivity contribution is 6.30. The molecule has 0 radical (unpaired) electrons. The van der Waals surface area contributed by atoms with Gasteiger partial charge in [-0.05, 0) is 36.3 Å². The van der Waals surface area contributed by atoms with Crippen LogP contribution in [0.15, 0.2) is 18.2 Å². The van der Waals surface area contributed by atoms with E-state index in [1.54, 1.807) is 12.1 Å². The Morgan fingerprint density at radius 1 is 1.33 bits per heavy atom. The first-order valence-electron chi connectivity index (χ1n) is 6.39. The molecule has 102 valence electrons. The third-order valence-corrected chi connectivity index (χ3v) is 3.21. The molecule has 1 aromatic rings. The highest BCUT2D eigenvalue weighted by Crippen LogP contribution is 2.30. The lowest BCUT2D eigenvalue weighted by Crippen LogP contribution is -2.19. The average Bonchev–Trinajstić information content (AvgIpc) is 2.13. The van der Waals surface area contributed by atoms with Crippen LogP contribution in [0.5, 0.6) is 0 Å². The molecule has 2 N–H and O–H groups in total. The van der Waals surface area contributed by atoms with Gasteiger partial charge in [0.1, 0.15) is 5.82 Å². The summed E-state index contributed by atoms with van der Waals surface area (Å²) in [6.07, 6.45) is 1.87.